The van der Waals surface area contributed by atoms with Crippen molar-refractivity contribution in [3.63, 3.8) is 0 Å². The number of nitrogens with zero attached hydrogens (tertiary/aromatic N) is 3. The largest absolute Gasteiger partial charge is 0.478 e. The lowest BCUT2D eigenvalue weighted by molar-refractivity contribution is 0.0690. The van der Waals surface area contributed by atoms with Gasteiger partial charge in [-0.05, 0) is 25.0 Å². The molecule has 0 unspecified atom stereocenters. The zero-order valence-corrected chi connectivity index (χ0v) is 11.4. The van der Waals surface area contributed by atoms with Crippen LogP contribution in [0.2, 0.25) is 0 Å². The Hall–Kier alpha value is -2.70. The molecule has 110 valence electrons. The van der Waals surface area contributed by atoms with Crippen LogP contribution in [-0.4, -0.2) is 38.1 Å². The van der Waals surface area contributed by atoms with Gasteiger partial charge in [-0.15, -0.1) is 0 Å². The number of carboxylic acid groups (broad SMARTS) is 1. The summed E-state index contributed by atoms with van der Waals surface area (Å²) in [6.45, 7) is 1.31. The van der Waals surface area contributed by atoms with Crippen molar-refractivity contribution in [1.29, 1.82) is 0 Å². The van der Waals surface area contributed by atoms with E-state index in [0.29, 0.717) is 6.54 Å². The minimum absolute atomic E-state index is 0.0559. The summed E-state index contributed by atoms with van der Waals surface area (Å²) >= 11 is 0. The third-order valence-electron chi connectivity index (χ3n) is 2.94. The highest BCUT2D eigenvalue weighted by Crippen LogP contribution is 2.05. The summed E-state index contributed by atoms with van der Waals surface area (Å²) in [5.74, 6) is -1.62. The molecule has 0 fully saturated rings. The van der Waals surface area contributed by atoms with Gasteiger partial charge in [0.15, 0.2) is 0 Å². The number of amides is 1. The van der Waals surface area contributed by atoms with Gasteiger partial charge < -0.3 is 15.0 Å². The molecule has 2 rings (SSSR count). The van der Waals surface area contributed by atoms with Crippen LogP contribution in [0.3, 0.4) is 0 Å². The highest BCUT2D eigenvalue weighted by atomic mass is 16.4. The summed E-state index contributed by atoms with van der Waals surface area (Å²) in [5.41, 5.74) is -0.145. The normalized spacial score (nSPS) is 10.3. The molecule has 0 bridgehead atoms. The molecule has 1 amide bonds. The predicted molar refractivity (Wildman–Crippen MR) is 75.0 cm³/mol. The third kappa shape index (κ3) is 4.13. The Kier molecular flexibility index (Phi) is 5.03. The Morgan fingerprint density at radius 1 is 1.29 bits per heavy atom. The van der Waals surface area contributed by atoms with Crippen molar-refractivity contribution in [3.8, 4) is 0 Å². The first kappa shape index (κ1) is 14.7. The number of pyridine rings is 1. The maximum Gasteiger partial charge on any atom is 0.338 e. The quantitative estimate of drug-likeness (QED) is 0.746. The average molecular weight is 288 g/mol. The van der Waals surface area contributed by atoms with E-state index in [0.717, 1.165) is 19.4 Å². The number of unbranched alkanes of at least 4 members (excludes halogenated alkanes) is 1. The van der Waals surface area contributed by atoms with E-state index < -0.39 is 11.9 Å². The lowest BCUT2D eigenvalue weighted by Gasteiger charge is -2.07. The molecule has 0 atom stereocenters. The molecule has 0 saturated heterocycles. The van der Waals surface area contributed by atoms with Gasteiger partial charge in [0, 0.05) is 31.7 Å². The van der Waals surface area contributed by atoms with Crippen molar-refractivity contribution < 1.29 is 14.7 Å². The van der Waals surface area contributed by atoms with Crippen LogP contribution >= 0.6 is 0 Å². The summed E-state index contributed by atoms with van der Waals surface area (Å²) in [6, 6.07) is 2.86. The first-order chi connectivity index (χ1) is 10.2. The maximum absolute atomic E-state index is 11.9. The molecule has 2 heterocycles. The van der Waals surface area contributed by atoms with E-state index in [1.54, 1.807) is 12.5 Å². The van der Waals surface area contributed by atoms with Gasteiger partial charge in [-0.1, -0.05) is 0 Å². The zero-order valence-electron chi connectivity index (χ0n) is 11.4. The predicted octanol–water partition coefficient (Wildman–Crippen LogP) is 1.19. The van der Waals surface area contributed by atoms with Crippen LogP contribution < -0.4 is 5.32 Å². The molecular weight excluding hydrogens is 272 g/mol. The van der Waals surface area contributed by atoms with Crippen molar-refractivity contribution in [3.05, 3.63) is 48.3 Å². The number of rotatable bonds is 7. The Morgan fingerprint density at radius 2 is 2.14 bits per heavy atom. The van der Waals surface area contributed by atoms with Gasteiger partial charge in [-0.25, -0.2) is 9.78 Å². The number of aromatic carboxylic acids is 1. The molecular formula is C14H16N4O3. The highest BCUT2D eigenvalue weighted by Gasteiger charge is 2.16. The van der Waals surface area contributed by atoms with Crippen LogP contribution in [0.15, 0.2) is 37.1 Å². The van der Waals surface area contributed by atoms with E-state index in [2.05, 4.69) is 15.3 Å². The number of carbonyl (C=O) groups is 2. The Morgan fingerprint density at radius 3 is 2.86 bits per heavy atom. The monoisotopic (exact) mass is 288 g/mol. The molecule has 2 aromatic heterocycles. The zero-order chi connectivity index (χ0) is 15.1. The third-order valence-corrected chi connectivity index (χ3v) is 2.94. The van der Waals surface area contributed by atoms with E-state index >= 15 is 0 Å². The Balaban J connectivity index is 1.78. The molecule has 0 saturated carbocycles. The van der Waals surface area contributed by atoms with Crippen LogP contribution in [0.4, 0.5) is 0 Å². The molecule has 2 aromatic rings. The number of carbonyl (C=O) groups excluding carboxylic acids is 1. The minimum atomic E-state index is -1.16. The van der Waals surface area contributed by atoms with Gasteiger partial charge in [-0.3, -0.25) is 9.78 Å². The summed E-state index contributed by atoms with van der Waals surface area (Å²) in [5, 5.41) is 11.7. The van der Waals surface area contributed by atoms with Crippen LogP contribution in [0, 0.1) is 0 Å². The first-order valence-electron chi connectivity index (χ1n) is 6.60. The van der Waals surface area contributed by atoms with E-state index in [9.17, 15) is 9.59 Å². The second kappa shape index (κ2) is 7.18. The fourth-order valence-corrected chi connectivity index (χ4v) is 1.88. The summed E-state index contributed by atoms with van der Waals surface area (Å²) in [7, 11) is 0. The molecule has 0 radical (unpaired) electrons. The number of aromatic nitrogens is 3. The molecule has 0 aliphatic heterocycles. The second-order valence-corrected chi connectivity index (χ2v) is 4.47. The van der Waals surface area contributed by atoms with Crippen molar-refractivity contribution in [2.45, 2.75) is 19.4 Å². The Labute approximate surface area is 121 Å². The number of nitrogens with one attached hydrogen (secondary N) is 1. The highest BCUT2D eigenvalue weighted by molar-refractivity contribution is 6.03. The number of hydrogen-bond acceptors (Lipinski definition) is 4. The molecule has 7 nitrogen and oxygen atoms in total. The lowest BCUT2D eigenvalue weighted by Crippen LogP contribution is -2.27. The van der Waals surface area contributed by atoms with Gasteiger partial charge in [0.05, 0.1) is 11.9 Å². The standard InChI is InChI=1S/C14H16N4O3/c19-13(12-11(14(20)21)4-3-6-16-12)17-5-1-2-8-18-9-7-15-10-18/h3-4,6-7,9-10H,1-2,5,8H2,(H,17,19)(H,20,21). The van der Waals surface area contributed by atoms with Crippen LogP contribution in [-0.2, 0) is 6.54 Å². The van der Waals surface area contributed by atoms with Crippen molar-refractivity contribution in [2.75, 3.05) is 6.54 Å². The second-order valence-electron chi connectivity index (χ2n) is 4.47. The van der Waals surface area contributed by atoms with E-state index in [1.165, 1.54) is 18.3 Å². The number of aryl methyl sites for hydroxylation is 1. The first-order valence-corrected chi connectivity index (χ1v) is 6.60. The summed E-state index contributed by atoms with van der Waals surface area (Å²) < 4.78 is 1.96. The Bertz CT molecular complexity index is 610. The van der Waals surface area contributed by atoms with Gasteiger partial charge in [0.1, 0.15) is 5.69 Å². The molecule has 0 aromatic carbocycles. The summed E-state index contributed by atoms with van der Waals surface area (Å²) in [4.78, 5) is 30.7. The van der Waals surface area contributed by atoms with Crippen molar-refractivity contribution in [2.24, 2.45) is 0 Å². The van der Waals surface area contributed by atoms with Crippen LogP contribution in [0.5, 0.6) is 0 Å². The van der Waals surface area contributed by atoms with Crippen LogP contribution in [0.1, 0.15) is 33.7 Å². The molecule has 2 N–H and O–H groups in total. The van der Waals surface area contributed by atoms with Gasteiger partial charge in [0.2, 0.25) is 0 Å². The fourth-order valence-electron chi connectivity index (χ4n) is 1.88. The molecule has 0 aliphatic carbocycles. The topological polar surface area (TPSA) is 97.1 Å². The van der Waals surface area contributed by atoms with Crippen LogP contribution in [0.25, 0.3) is 0 Å². The van der Waals surface area contributed by atoms with E-state index in [1.807, 2.05) is 10.8 Å². The van der Waals surface area contributed by atoms with Gasteiger partial charge in [-0.2, -0.15) is 0 Å². The fraction of sp³-hybridized carbons (Fsp3) is 0.286. The number of carboxylic acids is 1. The summed E-state index contributed by atoms with van der Waals surface area (Å²) in [6.07, 6.45) is 8.43. The number of imidazole rings is 1. The van der Waals surface area contributed by atoms with E-state index in [4.69, 9.17) is 5.11 Å². The van der Waals surface area contributed by atoms with E-state index in [-0.39, 0.29) is 11.3 Å². The molecule has 7 heteroatoms. The average Bonchev–Trinajstić information content (AvgIpc) is 3.00. The minimum Gasteiger partial charge on any atom is -0.478 e. The smallest absolute Gasteiger partial charge is 0.338 e. The van der Waals surface area contributed by atoms with Gasteiger partial charge in [0.25, 0.3) is 5.91 Å². The number of hydrogen-bond donors (Lipinski definition) is 2. The lowest BCUT2D eigenvalue weighted by atomic mass is 10.2. The molecule has 0 spiro atoms. The molecule has 21 heavy (non-hydrogen) atoms. The van der Waals surface area contributed by atoms with Gasteiger partial charge >= 0.3 is 5.97 Å². The van der Waals surface area contributed by atoms with Crippen molar-refractivity contribution >= 4 is 11.9 Å². The van der Waals surface area contributed by atoms with Crippen molar-refractivity contribution in [1.82, 2.24) is 19.9 Å². The maximum atomic E-state index is 11.9. The molecule has 0 aliphatic rings. The SMILES string of the molecule is O=C(O)c1cccnc1C(=O)NCCCCn1ccnc1.